The number of alkyl halides is 9. The molecule has 3 aromatic carbocycles. The van der Waals surface area contributed by atoms with Gasteiger partial charge in [0.25, 0.3) is 11.2 Å². The third-order valence-electron chi connectivity index (χ3n) is 10.3. The van der Waals surface area contributed by atoms with Gasteiger partial charge >= 0.3 is 30.5 Å². The highest BCUT2D eigenvalue weighted by Crippen LogP contribution is 2.66. The van der Waals surface area contributed by atoms with Crippen molar-refractivity contribution in [1.29, 1.82) is 0 Å². The molecule has 0 N–H and O–H groups in total. The fraction of sp³-hybridized carbons (Fsp3) is 0.444. The number of rotatable bonds is 10. The number of hydrogen-bond donors (Lipinski definition) is 0. The van der Waals surface area contributed by atoms with E-state index in [4.69, 9.17) is 23.7 Å². The van der Waals surface area contributed by atoms with Crippen molar-refractivity contribution in [3.63, 3.8) is 0 Å². The fourth-order valence-corrected chi connectivity index (χ4v) is 7.77. The van der Waals surface area contributed by atoms with E-state index in [-0.39, 0.29) is 12.0 Å². The summed E-state index contributed by atoms with van der Waals surface area (Å²) in [4.78, 5) is 27.2. The van der Waals surface area contributed by atoms with E-state index in [2.05, 4.69) is 0 Å². The molecule has 1 fully saturated rings. The maximum absolute atomic E-state index is 15.6. The number of carbonyl (C=O) groups excluding carboxylic acids is 2. The molecule has 1 saturated carbocycles. The molecule has 0 amide bonds. The Morgan fingerprint density at radius 1 is 0.731 bits per heavy atom. The summed E-state index contributed by atoms with van der Waals surface area (Å²) in [6, 6.07) is 15.3. The first-order valence-corrected chi connectivity index (χ1v) is 15.8. The summed E-state index contributed by atoms with van der Waals surface area (Å²) in [5.41, 5.74) is -11.5. The predicted octanol–water partition coefficient (Wildman–Crippen LogP) is 7.96. The Kier molecular flexibility index (Phi) is 10.4. The van der Waals surface area contributed by atoms with Gasteiger partial charge in [0.2, 0.25) is 0 Å². The first-order valence-electron chi connectivity index (χ1n) is 15.8. The topological polar surface area (TPSA) is 80.3 Å². The Labute approximate surface area is 291 Å². The van der Waals surface area contributed by atoms with Crippen LogP contribution in [0.3, 0.4) is 0 Å². The van der Waals surface area contributed by atoms with Crippen LogP contribution < -0.4 is 4.74 Å². The normalized spacial score (nSPS) is 24.1. The zero-order chi connectivity index (χ0) is 38.3. The van der Waals surface area contributed by atoms with Gasteiger partial charge in [-0.1, -0.05) is 66.7 Å². The Bertz CT molecular complexity index is 1750. The van der Waals surface area contributed by atoms with Gasteiger partial charge in [0.1, 0.15) is 11.9 Å². The Morgan fingerprint density at radius 2 is 1.25 bits per heavy atom. The number of fused-ring (bicyclic) bond motifs is 3. The van der Waals surface area contributed by atoms with Crippen LogP contribution in [0.4, 0.5) is 39.5 Å². The lowest BCUT2D eigenvalue weighted by atomic mass is 9.61. The van der Waals surface area contributed by atoms with Crippen LogP contribution in [0.15, 0.2) is 78.9 Å². The lowest BCUT2D eigenvalue weighted by Gasteiger charge is -2.45. The monoisotopic (exact) mass is 748 g/mol. The molecule has 5 rings (SSSR count). The minimum Gasteiger partial charge on any atom is -0.497 e. The Morgan fingerprint density at radius 3 is 1.71 bits per heavy atom. The van der Waals surface area contributed by atoms with Gasteiger partial charge in [-0.25, -0.2) is 9.59 Å². The largest absolute Gasteiger partial charge is 0.497 e. The van der Waals surface area contributed by atoms with Crippen LogP contribution >= 0.6 is 0 Å². The third kappa shape index (κ3) is 6.06. The molecule has 0 bridgehead atoms. The van der Waals surface area contributed by atoms with Crippen LogP contribution in [0.5, 0.6) is 5.75 Å². The molecule has 0 aliphatic heterocycles. The van der Waals surface area contributed by atoms with Crippen molar-refractivity contribution in [3.05, 3.63) is 101 Å². The zero-order valence-electron chi connectivity index (χ0n) is 27.8. The number of halogens is 9. The summed E-state index contributed by atoms with van der Waals surface area (Å²) in [5.74, 6) is -7.71. The van der Waals surface area contributed by atoms with Crippen molar-refractivity contribution in [2.75, 3.05) is 27.9 Å². The van der Waals surface area contributed by atoms with Crippen LogP contribution in [-0.2, 0) is 46.2 Å². The average Bonchev–Trinajstić information content (AvgIpc) is 3.42. The van der Waals surface area contributed by atoms with Crippen LogP contribution in [0.2, 0.25) is 0 Å². The minimum atomic E-state index is -5.50. The molecule has 2 aliphatic rings. The predicted molar refractivity (Wildman–Crippen MR) is 164 cm³/mol. The zero-order valence-corrected chi connectivity index (χ0v) is 27.8. The summed E-state index contributed by atoms with van der Waals surface area (Å²) in [6.07, 6.45) is -20.0. The summed E-state index contributed by atoms with van der Waals surface area (Å²) >= 11 is 0. The lowest BCUT2D eigenvalue weighted by Crippen LogP contribution is -2.55. The second kappa shape index (κ2) is 13.9. The van der Waals surface area contributed by atoms with Crippen molar-refractivity contribution >= 4 is 11.9 Å². The molecule has 3 aromatic rings. The summed E-state index contributed by atoms with van der Waals surface area (Å²) in [5, 5.41) is 0. The molecule has 0 heterocycles. The average molecular weight is 749 g/mol. The van der Waals surface area contributed by atoms with Crippen LogP contribution in [0.25, 0.3) is 0 Å². The maximum Gasteiger partial charge on any atom is 0.432 e. The smallest absolute Gasteiger partial charge is 0.432 e. The van der Waals surface area contributed by atoms with Gasteiger partial charge in [-0.05, 0) is 42.5 Å². The number of esters is 2. The van der Waals surface area contributed by atoms with Crippen molar-refractivity contribution in [2.45, 2.75) is 61.0 Å². The summed E-state index contributed by atoms with van der Waals surface area (Å²) in [7, 11) is 2.47. The van der Waals surface area contributed by atoms with Crippen molar-refractivity contribution in [1.82, 2.24) is 0 Å². The second-order valence-corrected chi connectivity index (χ2v) is 12.5. The van der Waals surface area contributed by atoms with E-state index in [1.54, 1.807) is 0 Å². The number of aryl methyl sites for hydroxylation is 1. The van der Waals surface area contributed by atoms with E-state index in [1.165, 1.54) is 61.7 Å². The van der Waals surface area contributed by atoms with E-state index < -0.39 is 95.6 Å². The Balaban J connectivity index is 1.63. The second-order valence-electron chi connectivity index (χ2n) is 12.5. The molecule has 7 nitrogen and oxygen atoms in total. The van der Waals surface area contributed by atoms with E-state index in [0.717, 1.165) is 24.3 Å². The molecular weight excluding hydrogens is 715 g/mol. The Hall–Kier alpha value is -4.31. The van der Waals surface area contributed by atoms with Gasteiger partial charge in [-0.15, -0.1) is 0 Å². The molecule has 16 heteroatoms. The number of hydrogen-bond acceptors (Lipinski definition) is 7. The van der Waals surface area contributed by atoms with Crippen molar-refractivity contribution in [2.24, 2.45) is 11.3 Å². The van der Waals surface area contributed by atoms with Gasteiger partial charge in [-0.2, -0.15) is 39.5 Å². The number of benzene rings is 3. The van der Waals surface area contributed by atoms with Gasteiger partial charge in [0.15, 0.2) is 0 Å². The van der Waals surface area contributed by atoms with Gasteiger partial charge < -0.3 is 23.7 Å². The highest BCUT2D eigenvalue weighted by molar-refractivity contribution is 5.83. The molecule has 2 aliphatic carbocycles. The number of ether oxygens (including phenoxy) is 5. The SMILES string of the molecule is COc1ccc2c(c1)CC[C@]1(C(F)(F)F)[C@H]2C[C@H](OC(=O)[C@@](OC)(c2ccccc2)C(F)(F)F)[C@@H]1COC(=O)[C@@](OC)(c1ccccc1)C(F)(F)F. The van der Waals surface area contributed by atoms with Crippen molar-refractivity contribution in [3.8, 4) is 5.75 Å². The van der Waals surface area contributed by atoms with E-state index >= 15 is 13.2 Å². The third-order valence-corrected chi connectivity index (χ3v) is 10.3. The number of carbonyl (C=O) groups is 2. The molecule has 0 radical (unpaired) electrons. The molecule has 6 atom stereocenters. The first-order chi connectivity index (χ1) is 24.4. The molecule has 52 heavy (non-hydrogen) atoms. The van der Waals surface area contributed by atoms with Gasteiger partial charge in [0.05, 0.1) is 19.1 Å². The molecular formula is C36H33F9O7. The highest BCUT2D eigenvalue weighted by Gasteiger charge is 2.73. The number of methoxy groups -OCH3 is 3. The summed E-state index contributed by atoms with van der Waals surface area (Å²) < 4.78 is 160. The first kappa shape index (κ1) is 38.9. The van der Waals surface area contributed by atoms with Crippen LogP contribution in [-0.4, -0.2) is 64.5 Å². The molecule has 0 saturated heterocycles. The molecule has 282 valence electrons. The minimum absolute atomic E-state index is 0.113. The van der Waals surface area contributed by atoms with Crippen molar-refractivity contribution < 1.29 is 72.8 Å². The quantitative estimate of drug-likeness (QED) is 0.154. The molecule has 0 unspecified atom stereocenters. The van der Waals surface area contributed by atoms with E-state index in [9.17, 15) is 35.9 Å². The lowest BCUT2D eigenvalue weighted by molar-refractivity contribution is -0.285. The molecule has 0 aromatic heterocycles. The molecule has 0 spiro atoms. The maximum atomic E-state index is 15.6. The standard InChI is InChI=1S/C36H33F9O7/c1-48-24-14-15-25-21(18-24)16-17-31(34(37,38)39)26(25)19-28(52-30(47)33(50-3,36(43,44)45)23-12-8-5-9-13-23)27(31)20-51-29(46)32(49-2,35(40,41)42)22-10-6-4-7-11-22/h4-15,18,26-28H,16-17,19-20H2,1-3H3/t26-,27-,28-,31-,32-,33-/m0/s1. The van der Waals surface area contributed by atoms with Crippen LogP contribution in [0, 0.1) is 11.3 Å². The van der Waals surface area contributed by atoms with Gasteiger partial charge in [0, 0.05) is 37.2 Å². The highest BCUT2D eigenvalue weighted by atomic mass is 19.4. The van der Waals surface area contributed by atoms with E-state index in [0.29, 0.717) is 25.5 Å². The summed E-state index contributed by atoms with van der Waals surface area (Å²) in [6.45, 7) is -1.44. The van der Waals surface area contributed by atoms with Gasteiger partial charge in [-0.3, -0.25) is 0 Å². The fourth-order valence-electron chi connectivity index (χ4n) is 7.77. The van der Waals surface area contributed by atoms with Crippen LogP contribution in [0.1, 0.15) is 41.0 Å². The van der Waals surface area contributed by atoms with E-state index in [1.807, 2.05) is 0 Å².